The van der Waals surface area contributed by atoms with Gasteiger partial charge in [0.1, 0.15) is 5.25 Å². The fourth-order valence-corrected chi connectivity index (χ4v) is 2.47. The molecule has 0 fully saturated rings. The first kappa shape index (κ1) is 15.2. The van der Waals surface area contributed by atoms with Gasteiger partial charge in [0.25, 0.3) is 0 Å². The molecule has 0 saturated carbocycles. The lowest BCUT2D eigenvalue weighted by molar-refractivity contribution is -0.120. The van der Waals surface area contributed by atoms with Crippen LogP contribution in [0.1, 0.15) is 31.3 Å². The van der Waals surface area contributed by atoms with E-state index in [4.69, 9.17) is 9.52 Å². The first-order valence-corrected chi connectivity index (χ1v) is 7.08. The molecule has 0 aromatic carbocycles. The summed E-state index contributed by atoms with van der Waals surface area (Å²) in [4.78, 5) is 22.3. The van der Waals surface area contributed by atoms with Crippen LogP contribution < -0.4 is 5.32 Å². The van der Waals surface area contributed by atoms with Crippen LogP contribution in [0.5, 0.6) is 0 Å². The third-order valence-corrected chi connectivity index (χ3v) is 4.26. The van der Waals surface area contributed by atoms with Gasteiger partial charge in [-0.1, -0.05) is 0 Å². The monoisotopic (exact) mass is 289 g/mol. The Morgan fingerprint density at radius 2 is 1.84 bits per heavy atom. The summed E-state index contributed by atoms with van der Waals surface area (Å²) in [6.45, 7) is 4.62. The number of hydrogen-bond donors (Lipinski definition) is 2. The van der Waals surface area contributed by atoms with Crippen molar-refractivity contribution >= 4 is 21.7 Å². The molecule has 0 aliphatic rings. The van der Waals surface area contributed by atoms with Crippen LogP contribution in [0.3, 0.4) is 0 Å². The van der Waals surface area contributed by atoms with Crippen molar-refractivity contribution < 1.29 is 27.5 Å². The zero-order chi connectivity index (χ0) is 14.8. The molecule has 19 heavy (non-hydrogen) atoms. The summed E-state index contributed by atoms with van der Waals surface area (Å²) in [5.74, 6) is -2.53. The van der Waals surface area contributed by atoms with Crippen molar-refractivity contribution in [1.29, 1.82) is 0 Å². The van der Waals surface area contributed by atoms with Gasteiger partial charge in [0, 0.05) is 6.04 Å². The SMILES string of the molecule is CC(C)NC(=O)C(C)S(=O)(=O)c1ccc(C(=O)O)o1. The van der Waals surface area contributed by atoms with Crippen molar-refractivity contribution in [3.63, 3.8) is 0 Å². The average molecular weight is 289 g/mol. The summed E-state index contributed by atoms with van der Waals surface area (Å²) >= 11 is 0. The van der Waals surface area contributed by atoms with Gasteiger partial charge in [0.15, 0.2) is 0 Å². The van der Waals surface area contributed by atoms with Crippen LogP contribution in [0.25, 0.3) is 0 Å². The Bertz CT molecular complexity index is 586. The highest BCUT2D eigenvalue weighted by Gasteiger charge is 2.33. The fourth-order valence-electron chi connectivity index (χ4n) is 1.31. The predicted molar refractivity (Wildman–Crippen MR) is 65.6 cm³/mol. The normalized spacial score (nSPS) is 13.3. The minimum Gasteiger partial charge on any atom is -0.475 e. The molecular weight excluding hydrogens is 274 g/mol. The number of amides is 1. The minimum absolute atomic E-state index is 0.198. The van der Waals surface area contributed by atoms with Crippen molar-refractivity contribution in [3.8, 4) is 0 Å². The number of furan rings is 1. The molecule has 1 aromatic heterocycles. The van der Waals surface area contributed by atoms with Crippen LogP contribution in [0, 0.1) is 0 Å². The molecule has 1 amide bonds. The number of carboxylic acids is 1. The van der Waals surface area contributed by atoms with Gasteiger partial charge in [-0.2, -0.15) is 0 Å². The van der Waals surface area contributed by atoms with Crippen molar-refractivity contribution in [2.75, 3.05) is 0 Å². The number of carbonyl (C=O) groups excluding carboxylic acids is 1. The van der Waals surface area contributed by atoms with Gasteiger partial charge in [-0.3, -0.25) is 4.79 Å². The molecule has 1 unspecified atom stereocenters. The number of rotatable bonds is 5. The Hall–Kier alpha value is -1.83. The Morgan fingerprint density at radius 3 is 2.26 bits per heavy atom. The van der Waals surface area contributed by atoms with Crippen molar-refractivity contribution in [3.05, 3.63) is 17.9 Å². The molecule has 1 aromatic rings. The van der Waals surface area contributed by atoms with Crippen LogP contribution in [0.15, 0.2) is 21.6 Å². The predicted octanol–water partition coefficient (Wildman–Crippen LogP) is 0.665. The van der Waals surface area contributed by atoms with E-state index in [-0.39, 0.29) is 6.04 Å². The standard InChI is InChI=1S/C11H15NO6S/c1-6(2)12-10(13)7(3)19(16,17)9-5-4-8(18-9)11(14)15/h4-7H,1-3H3,(H,12,13)(H,14,15). The number of nitrogens with one attached hydrogen (secondary N) is 1. The Kier molecular flexibility index (Phi) is 4.35. The molecule has 1 heterocycles. The topological polar surface area (TPSA) is 114 Å². The second kappa shape index (κ2) is 5.43. The number of aromatic carboxylic acids is 1. The van der Waals surface area contributed by atoms with E-state index in [0.29, 0.717) is 0 Å². The van der Waals surface area contributed by atoms with E-state index in [1.807, 2.05) is 0 Å². The summed E-state index contributed by atoms with van der Waals surface area (Å²) in [7, 11) is -4.04. The molecule has 0 saturated heterocycles. The van der Waals surface area contributed by atoms with Crippen LogP contribution in [0.4, 0.5) is 0 Å². The van der Waals surface area contributed by atoms with Crippen molar-refractivity contribution in [2.45, 2.75) is 37.2 Å². The summed E-state index contributed by atoms with van der Waals surface area (Å²) in [6.07, 6.45) is 0. The van der Waals surface area contributed by atoms with Crippen LogP contribution in [-0.2, 0) is 14.6 Å². The maximum absolute atomic E-state index is 12.0. The Balaban J connectivity index is 3.02. The fraction of sp³-hybridized carbons (Fsp3) is 0.455. The lowest BCUT2D eigenvalue weighted by Crippen LogP contribution is -2.41. The maximum atomic E-state index is 12.0. The molecule has 2 N–H and O–H groups in total. The van der Waals surface area contributed by atoms with E-state index in [1.54, 1.807) is 13.8 Å². The van der Waals surface area contributed by atoms with Gasteiger partial charge >= 0.3 is 5.97 Å². The Labute approximate surface area is 110 Å². The van der Waals surface area contributed by atoms with Crippen molar-refractivity contribution in [2.24, 2.45) is 0 Å². The van der Waals surface area contributed by atoms with Crippen LogP contribution in [0.2, 0.25) is 0 Å². The third-order valence-electron chi connectivity index (χ3n) is 2.34. The van der Waals surface area contributed by atoms with Gasteiger partial charge in [-0.05, 0) is 32.9 Å². The van der Waals surface area contributed by atoms with E-state index in [2.05, 4.69) is 5.32 Å². The largest absolute Gasteiger partial charge is 0.475 e. The number of carboxylic acid groups (broad SMARTS) is 1. The highest BCUT2D eigenvalue weighted by Crippen LogP contribution is 2.19. The van der Waals surface area contributed by atoms with Gasteiger partial charge < -0.3 is 14.8 Å². The summed E-state index contributed by atoms with van der Waals surface area (Å²) in [5.41, 5.74) is 0. The molecule has 0 aliphatic carbocycles. The maximum Gasteiger partial charge on any atom is 0.371 e. The van der Waals surface area contributed by atoms with E-state index < -0.39 is 37.8 Å². The van der Waals surface area contributed by atoms with Gasteiger partial charge in [-0.25, -0.2) is 13.2 Å². The number of hydrogen-bond acceptors (Lipinski definition) is 5. The highest BCUT2D eigenvalue weighted by molar-refractivity contribution is 7.92. The first-order valence-electron chi connectivity index (χ1n) is 5.53. The summed E-state index contributed by atoms with van der Waals surface area (Å²) < 4.78 is 28.8. The van der Waals surface area contributed by atoms with E-state index in [1.165, 1.54) is 6.92 Å². The minimum atomic E-state index is -4.04. The van der Waals surface area contributed by atoms with Gasteiger partial charge in [0.05, 0.1) is 0 Å². The lowest BCUT2D eigenvalue weighted by Gasteiger charge is -2.13. The molecular formula is C11H15NO6S. The lowest BCUT2D eigenvalue weighted by atomic mass is 10.3. The molecule has 0 radical (unpaired) electrons. The van der Waals surface area contributed by atoms with Crippen molar-refractivity contribution in [1.82, 2.24) is 5.32 Å². The molecule has 1 atom stereocenters. The van der Waals surface area contributed by atoms with E-state index >= 15 is 0 Å². The molecule has 0 aliphatic heterocycles. The zero-order valence-electron chi connectivity index (χ0n) is 10.7. The Morgan fingerprint density at radius 1 is 1.26 bits per heavy atom. The van der Waals surface area contributed by atoms with E-state index in [0.717, 1.165) is 12.1 Å². The van der Waals surface area contributed by atoms with Gasteiger partial charge in [0.2, 0.25) is 26.6 Å². The quantitative estimate of drug-likeness (QED) is 0.823. The molecule has 0 bridgehead atoms. The second-order valence-electron chi connectivity index (χ2n) is 4.27. The van der Waals surface area contributed by atoms with Gasteiger partial charge in [-0.15, -0.1) is 0 Å². The smallest absolute Gasteiger partial charge is 0.371 e. The molecule has 106 valence electrons. The summed E-state index contributed by atoms with van der Waals surface area (Å²) in [5, 5.41) is 9.24. The number of carbonyl (C=O) groups is 2. The molecule has 1 rings (SSSR count). The highest BCUT2D eigenvalue weighted by atomic mass is 32.2. The molecule has 0 spiro atoms. The summed E-state index contributed by atoms with van der Waals surface area (Å²) in [6, 6.07) is 1.86. The average Bonchev–Trinajstić information content (AvgIpc) is 2.76. The third kappa shape index (κ3) is 3.34. The molecule has 8 heteroatoms. The zero-order valence-corrected chi connectivity index (χ0v) is 11.5. The van der Waals surface area contributed by atoms with Crippen LogP contribution in [-0.4, -0.2) is 36.7 Å². The second-order valence-corrected chi connectivity index (χ2v) is 6.47. The number of sulfone groups is 1. The van der Waals surface area contributed by atoms with E-state index in [9.17, 15) is 18.0 Å². The molecule has 7 nitrogen and oxygen atoms in total. The first-order chi connectivity index (χ1) is 8.66. The van der Waals surface area contributed by atoms with Crippen LogP contribution >= 0.6 is 0 Å².